The van der Waals surface area contributed by atoms with Gasteiger partial charge in [0.2, 0.25) is 0 Å². The van der Waals surface area contributed by atoms with Crippen LogP contribution in [0.2, 0.25) is 0 Å². The van der Waals surface area contributed by atoms with Crippen LogP contribution < -0.4 is 16.0 Å². The van der Waals surface area contributed by atoms with Gasteiger partial charge in [-0.15, -0.1) is 0 Å². The second-order valence-corrected chi connectivity index (χ2v) is 9.91. The molecule has 1 amide bonds. The Hall–Kier alpha value is -4.46. The van der Waals surface area contributed by atoms with Crippen LogP contribution in [0.25, 0.3) is 16.9 Å². The number of aromatic amines is 1. The van der Waals surface area contributed by atoms with E-state index in [1.165, 1.54) is 16.8 Å². The number of anilines is 2. The predicted molar refractivity (Wildman–Crippen MR) is 139 cm³/mol. The monoisotopic (exact) mass is 556 g/mol. The number of carbonyl (C=O) groups excluding carboxylic acids is 1. The minimum absolute atomic E-state index is 0.0748. The molecule has 1 saturated heterocycles. The van der Waals surface area contributed by atoms with E-state index in [0.29, 0.717) is 34.6 Å². The van der Waals surface area contributed by atoms with Crippen molar-refractivity contribution in [2.45, 2.75) is 38.4 Å². The first-order chi connectivity index (χ1) is 19.2. The Morgan fingerprint density at radius 3 is 2.65 bits per heavy atom. The number of nitrogens with zero attached hydrogens (tertiary/aromatic N) is 4. The van der Waals surface area contributed by atoms with Gasteiger partial charge in [0.25, 0.3) is 12.4 Å². The molecule has 210 valence electrons. The number of hydrogen-bond acceptors (Lipinski definition) is 7. The van der Waals surface area contributed by atoms with Gasteiger partial charge in [0.15, 0.2) is 11.5 Å². The summed E-state index contributed by atoms with van der Waals surface area (Å²) in [5, 5.41) is 22.1. The first-order valence-corrected chi connectivity index (χ1v) is 12.6. The van der Waals surface area contributed by atoms with Crippen LogP contribution in [0.4, 0.5) is 24.7 Å². The molecule has 40 heavy (non-hydrogen) atoms. The highest BCUT2D eigenvalue weighted by Gasteiger charge is 2.48. The number of benzene rings is 1. The van der Waals surface area contributed by atoms with Gasteiger partial charge in [-0.25, -0.2) is 9.97 Å². The molecule has 5 N–H and O–H groups in total. The number of alkyl halides is 3. The molecule has 6 rings (SSSR count). The zero-order chi connectivity index (χ0) is 28.5. The number of rotatable bonds is 6. The van der Waals surface area contributed by atoms with Crippen LogP contribution >= 0.6 is 0 Å². The summed E-state index contributed by atoms with van der Waals surface area (Å²) in [4.78, 5) is 30.0. The molecule has 11 nitrogen and oxygen atoms in total. The average molecular weight is 557 g/mol. The number of amides is 1. The Morgan fingerprint density at radius 2 is 2.00 bits per heavy atom. The van der Waals surface area contributed by atoms with Crippen LogP contribution in [0, 0.1) is 5.41 Å². The SMILES string of the molecule is CCc1cc(Nc2nccn3c(-c4cn[nH]c4C(F)(F)F)cnc23)ccc1C(=O)NC1CC2(CNC2)C1.O=CO. The van der Waals surface area contributed by atoms with Crippen molar-refractivity contribution >= 4 is 29.5 Å². The quantitative estimate of drug-likeness (QED) is 0.226. The lowest BCUT2D eigenvalue weighted by atomic mass is 9.61. The zero-order valence-corrected chi connectivity index (χ0v) is 21.4. The van der Waals surface area contributed by atoms with Crippen molar-refractivity contribution < 1.29 is 27.9 Å². The largest absolute Gasteiger partial charge is 0.483 e. The van der Waals surface area contributed by atoms with Crippen LogP contribution in [0.15, 0.2) is 43.0 Å². The van der Waals surface area contributed by atoms with Crippen molar-refractivity contribution in [1.29, 1.82) is 0 Å². The number of carboxylic acid groups (broad SMARTS) is 1. The van der Waals surface area contributed by atoms with Crippen LogP contribution in [-0.2, 0) is 17.4 Å². The molecule has 0 atom stereocenters. The Kier molecular flexibility index (Phi) is 7.19. The van der Waals surface area contributed by atoms with Gasteiger partial charge < -0.3 is 21.1 Å². The normalized spacial score (nSPS) is 16.0. The van der Waals surface area contributed by atoms with Gasteiger partial charge >= 0.3 is 6.18 Å². The lowest BCUT2D eigenvalue weighted by Crippen LogP contribution is -2.65. The fourth-order valence-corrected chi connectivity index (χ4v) is 5.34. The van der Waals surface area contributed by atoms with Gasteiger partial charge in [-0.05, 0) is 48.4 Å². The molecule has 3 aromatic heterocycles. The molecule has 1 aliphatic carbocycles. The van der Waals surface area contributed by atoms with Crippen LogP contribution in [-0.4, -0.2) is 61.2 Å². The summed E-state index contributed by atoms with van der Waals surface area (Å²) >= 11 is 0. The summed E-state index contributed by atoms with van der Waals surface area (Å²) in [6, 6.07) is 5.68. The van der Waals surface area contributed by atoms with E-state index in [4.69, 9.17) is 9.90 Å². The van der Waals surface area contributed by atoms with E-state index in [1.807, 2.05) is 18.1 Å². The molecule has 0 radical (unpaired) electrons. The predicted octanol–water partition coefficient (Wildman–Crippen LogP) is 3.63. The molecule has 4 heterocycles. The lowest BCUT2D eigenvalue weighted by Gasteiger charge is -2.54. The van der Waals surface area contributed by atoms with E-state index < -0.39 is 11.9 Å². The minimum Gasteiger partial charge on any atom is -0.483 e. The molecule has 1 saturated carbocycles. The van der Waals surface area contributed by atoms with E-state index in [9.17, 15) is 18.0 Å². The van der Waals surface area contributed by atoms with Crippen molar-refractivity contribution in [3.8, 4) is 11.3 Å². The van der Waals surface area contributed by atoms with E-state index in [-0.39, 0.29) is 29.7 Å². The second-order valence-electron chi connectivity index (χ2n) is 9.91. The minimum atomic E-state index is -4.58. The Bertz CT molecular complexity index is 1540. The third-order valence-electron chi connectivity index (χ3n) is 7.31. The molecule has 1 spiro atoms. The zero-order valence-electron chi connectivity index (χ0n) is 21.4. The number of aromatic nitrogens is 5. The van der Waals surface area contributed by atoms with E-state index in [0.717, 1.165) is 37.7 Å². The van der Waals surface area contributed by atoms with E-state index in [2.05, 4.69) is 31.0 Å². The summed E-state index contributed by atoms with van der Waals surface area (Å²) in [6.45, 7) is 3.80. The topological polar surface area (TPSA) is 149 Å². The fourth-order valence-electron chi connectivity index (χ4n) is 5.34. The van der Waals surface area contributed by atoms with Gasteiger partial charge in [-0.1, -0.05) is 6.92 Å². The lowest BCUT2D eigenvalue weighted by molar-refractivity contribution is -0.140. The van der Waals surface area contributed by atoms with Gasteiger partial charge in [0.1, 0.15) is 5.69 Å². The van der Waals surface area contributed by atoms with Crippen molar-refractivity contribution in [1.82, 2.24) is 35.2 Å². The van der Waals surface area contributed by atoms with Crippen molar-refractivity contribution in [2.24, 2.45) is 5.41 Å². The maximum Gasteiger partial charge on any atom is 0.433 e. The summed E-state index contributed by atoms with van der Waals surface area (Å²) in [7, 11) is 0. The Labute approximate surface area is 226 Å². The molecule has 1 aromatic carbocycles. The Balaban J connectivity index is 0.00000103. The number of nitrogens with one attached hydrogen (secondary N) is 4. The molecule has 1 aliphatic heterocycles. The first-order valence-electron chi connectivity index (χ1n) is 12.6. The molecule has 14 heteroatoms. The molecular formula is C26H27F3N8O3. The van der Waals surface area contributed by atoms with Crippen LogP contribution in [0.3, 0.4) is 0 Å². The smallest absolute Gasteiger partial charge is 0.433 e. The van der Waals surface area contributed by atoms with Gasteiger partial charge in [0, 0.05) is 42.8 Å². The molecule has 0 bridgehead atoms. The summed E-state index contributed by atoms with van der Waals surface area (Å²) in [6.07, 6.45) is 3.62. The number of aryl methyl sites for hydroxylation is 1. The van der Waals surface area contributed by atoms with Crippen molar-refractivity contribution in [3.05, 3.63) is 59.8 Å². The fraction of sp³-hybridized carbons (Fsp3) is 0.346. The van der Waals surface area contributed by atoms with E-state index >= 15 is 0 Å². The summed E-state index contributed by atoms with van der Waals surface area (Å²) < 4.78 is 41.7. The van der Waals surface area contributed by atoms with Gasteiger partial charge in [0.05, 0.1) is 23.7 Å². The number of imidazole rings is 1. The molecule has 0 unspecified atom stereocenters. The maximum atomic E-state index is 13.4. The van der Waals surface area contributed by atoms with Crippen molar-refractivity contribution in [3.63, 3.8) is 0 Å². The van der Waals surface area contributed by atoms with Crippen LogP contribution in [0.1, 0.15) is 41.4 Å². The molecule has 2 fully saturated rings. The van der Waals surface area contributed by atoms with Gasteiger partial charge in [-0.3, -0.25) is 19.1 Å². The number of fused-ring (bicyclic) bond motifs is 1. The summed E-state index contributed by atoms with van der Waals surface area (Å²) in [5.41, 5.74) is 2.14. The number of hydrogen-bond donors (Lipinski definition) is 5. The second kappa shape index (κ2) is 10.6. The average Bonchev–Trinajstić information content (AvgIpc) is 3.53. The molecule has 4 aromatic rings. The molecule has 2 aliphatic rings. The highest BCUT2D eigenvalue weighted by molar-refractivity contribution is 5.96. The first kappa shape index (κ1) is 27.1. The highest BCUT2D eigenvalue weighted by Crippen LogP contribution is 2.44. The number of halogens is 3. The highest BCUT2D eigenvalue weighted by atomic mass is 19.4. The summed E-state index contributed by atoms with van der Waals surface area (Å²) in [5.74, 6) is 0.299. The Morgan fingerprint density at radius 1 is 1.25 bits per heavy atom. The van der Waals surface area contributed by atoms with Crippen LogP contribution in [0.5, 0.6) is 0 Å². The van der Waals surface area contributed by atoms with E-state index in [1.54, 1.807) is 18.3 Å². The number of carbonyl (C=O) groups is 2. The molecular weight excluding hydrogens is 529 g/mol. The standard InChI is InChI=1S/C25H25F3N8O.CH2O2/c1-2-14-7-15(3-4-17(14)23(37)34-16-8-24(9-16)12-29-13-24)33-21-22-31-11-19(36(22)6-5-30-21)18-10-32-35-20(18)25(26,27)28;2-1-3/h3-7,10-11,16,29H,2,8-9,12-13H2,1H3,(H,30,33)(H,32,35)(H,34,37);1H,(H,2,3). The number of H-pyrrole nitrogens is 1. The van der Waals surface area contributed by atoms with Gasteiger partial charge in [-0.2, -0.15) is 18.3 Å². The van der Waals surface area contributed by atoms with Crippen molar-refractivity contribution in [2.75, 3.05) is 18.4 Å². The maximum absolute atomic E-state index is 13.4. The third-order valence-corrected chi connectivity index (χ3v) is 7.31. The third kappa shape index (κ3) is 5.09.